The van der Waals surface area contributed by atoms with E-state index in [0.29, 0.717) is 24.7 Å². The summed E-state index contributed by atoms with van der Waals surface area (Å²) in [5, 5.41) is 18.4. The minimum Gasteiger partial charge on any atom is -0.480 e. The van der Waals surface area contributed by atoms with Gasteiger partial charge in [0, 0.05) is 0 Å². The van der Waals surface area contributed by atoms with E-state index in [1.54, 1.807) is 0 Å². The zero-order chi connectivity index (χ0) is 11.5. The van der Waals surface area contributed by atoms with Crippen LogP contribution in [0.25, 0.3) is 0 Å². The smallest absolute Gasteiger partial charge is 0.321 e. The first-order valence-electron chi connectivity index (χ1n) is 5.70. The Balaban J connectivity index is 1.94. The molecular weight excluding hydrogens is 208 g/mol. The van der Waals surface area contributed by atoms with Gasteiger partial charge >= 0.3 is 11.9 Å². The van der Waals surface area contributed by atoms with Crippen molar-refractivity contribution >= 4 is 11.9 Å². The van der Waals surface area contributed by atoms with Gasteiger partial charge in [-0.3, -0.25) is 9.59 Å². The lowest BCUT2D eigenvalue weighted by Gasteiger charge is -2.20. The van der Waals surface area contributed by atoms with E-state index in [1.165, 1.54) is 0 Å². The predicted molar refractivity (Wildman–Crippen MR) is 54.7 cm³/mol. The van der Waals surface area contributed by atoms with Crippen LogP contribution in [-0.4, -0.2) is 22.2 Å². The van der Waals surface area contributed by atoms with Crippen molar-refractivity contribution in [2.24, 2.45) is 29.1 Å². The Kier molecular flexibility index (Phi) is 1.77. The fourth-order valence-corrected chi connectivity index (χ4v) is 3.96. The molecule has 2 saturated carbocycles. The van der Waals surface area contributed by atoms with Crippen molar-refractivity contribution in [2.45, 2.75) is 19.3 Å². The van der Waals surface area contributed by atoms with Gasteiger partial charge in [-0.1, -0.05) is 12.2 Å². The van der Waals surface area contributed by atoms with Crippen molar-refractivity contribution in [1.82, 2.24) is 0 Å². The van der Waals surface area contributed by atoms with E-state index < -0.39 is 17.4 Å². The van der Waals surface area contributed by atoms with Crippen molar-refractivity contribution in [3.05, 3.63) is 12.2 Å². The van der Waals surface area contributed by atoms with E-state index >= 15 is 0 Å². The van der Waals surface area contributed by atoms with Gasteiger partial charge in [0.05, 0.1) is 0 Å². The molecule has 2 bridgehead atoms. The normalized spacial score (nSPS) is 42.2. The Morgan fingerprint density at radius 3 is 1.81 bits per heavy atom. The van der Waals surface area contributed by atoms with Crippen molar-refractivity contribution in [3.63, 3.8) is 0 Å². The van der Waals surface area contributed by atoms with Gasteiger partial charge in [0.25, 0.3) is 0 Å². The third-order valence-electron chi connectivity index (χ3n) is 4.79. The number of carbonyl (C=O) groups is 2. The molecule has 4 nitrogen and oxygen atoms in total. The second-order valence-corrected chi connectivity index (χ2v) is 5.38. The summed E-state index contributed by atoms with van der Waals surface area (Å²) in [6.45, 7) is 0. The quantitative estimate of drug-likeness (QED) is 0.546. The molecule has 0 heterocycles. The lowest BCUT2D eigenvalue weighted by atomic mass is 9.82. The van der Waals surface area contributed by atoms with E-state index in [1.807, 2.05) is 0 Å². The van der Waals surface area contributed by atoms with Crippen LogP contribution in [0.15, 0.2) is 12.2 Å². The Bertz CT molecular complexity index is 362. The van der Waals surface area contributed by atoms with Gasteiger partial charge in [0.1, 0.15) is 0 Å². The number of hydrogen-bond donors (Lipinski definition) is 2. The molecule has 0 spiro atoms. The maximum Gasteiger partial charge on any atom is 0.321 e. The molecule has 4 unspecified atom stereocenters. The van der Waals surface area contributed by atoms with Gasteiger partial charge in [-0.15, -0.1) is 0 Å². The van der Waals surface area contributed by atoms with E-state index in [0.717, 1.165) is 6.42 Å². The summed E-state index contributed by atoms with van der Waals surface area (Å²) in [7, 11) is 0. The van der Waals surface area contributed by atoms with Crippen molar-refractivity contribution < 1.29 is 19.8 Å². The van der Waals surface area contributed by atoms with Crippen molar-refractivity contribution in [3.8, 4) is 0 Å². The molecule has 2 fully saturated rings. The average molecular weight is 222 g/mol. The minimum atomic E-state index is -1.52. The van der Waals surface area contributed by atoms with Crippen LogP contribution in [0.3, 0.4) is 0 Å². The van der Waals surface area contributed by atoms with E-state index in [2.05, 4.69) is 12.2 Å². The molecule has 16 heavy (non-hydrogen) atoms. The van der Waals surface area contributed by atoms with Crippen molar-refractivity contribution in [1.29, 1.82) is 0 Å². The molecule has 0 amide bonds. The van der Waals surface area contributed by atoms with Crippen LogP contribution in [0.1, 0.15) is 19.3 Å². The van der Waals surface area contributed by atoms with Crippen LogP contribution in [-0.2, 0) is 9.59 Å². The Hall–Kier alpha value is -1.32. The third kappa shape index (κ3) is 0.996. The molecule has 3 rings (SSSR count). The van der Waals surface area contributed by atoms with Crippen LogP contribution in [0.5, 0.6) is 0 Å². The molecule has 0 aromatic carbocycles. The van der Waals surface area contributed by atoms with Gasteiger partial charge in [-0.05, 0) is 42.9 Å². The van der Waals surface area contributed by atoms with E-state index in [9.17, 15) is 19.8 Å². The first-order valence-corrected chi connectivity index (χ1v) is 5.70. The van der Waals surface area contributed by atoms with E-state index in [-0.39, 0.29) is 11.8 Å². The molecule has 0 aromatic rings. The van der Waals surface area contributed by atoms with Crippen molar-refractivity contribution in [2.75, 3.05) is 0 Å². The molecule has 3 aliphatic rings. The van der Waals surface area contributed by atoms with Gasteiger partial charge in [-0.25, -0.2) is 0 Å². The highest BCUT2D eigenvalue weighted by molar-refractivity contribution is 5.98. The molecule has 0 radical (unpaired) electrons. The summed E-state index contributed by atoms with van der Waals surface area (Å²) in [6.07, 6.45) is 6.02. The largest absolute Gasteiger partial charge is 0.480 e. The van der Waals surface area contributed by atoms with E-state index in [4.69, 9.17) is 0 Å². The number of rotatable bonds is 2. The summed E-state index contributed by atoms with van der Waals surface area (Å²) in [4.78, 5) is 22.5. The zero-order valence-electron chi connectivity index (χ0n) is 8.80. The molecule has 0 aromatic heterocycles. The second-order valence-electron chi connectivity index (χ2n) is 5.38. The third-order valence-corrected chi connectivity index (χ3v) is 4.79. The Morgan fingerprint density at radius 1 is 1.00 bits per heavy atom. The summed E-state index contributed by atoms with van der Waals surface area (Å²) >= 11 is 0. The summed E-state index contributed by atoms with van der Waals surface area (Å²) in [6, 6.07) is 0. The molecule has 4 atom stereocenters. The van der Waals surface area contributed by atoms with Gasteiger partial charge < -0.3 is 10.2 Å². The summed E-state index contributed by atoms with van der Waals surface area (Å²) in [5.41, 5.74) is -1.52. The average Bonchev–Trinajstić information content (AvgIpc) is 2.88. The number of carboxylic acids is 2. The van der Waals surface area contributed by atoms with Gasteiger partial charge in [0.15, 0.2) is 5.41 Å². The predicted octanol–water partition coefficient (Wildman–Crippen LogP) is 1.37. The molecular formula is C12H14O4. The fraction of sp³-hybridized carbons (Fsp3) is 0.667. The number of fused-ring (bicyclic) bond motifs is 5. The van der Waals surface area contributed by atoms with Gasteiger partial charge in [-0.2, -0.15) is 0 Å². The number of carboxylic acid groups (broad SMARTS) is 2. The molecule has 0 aliphatic heterocycles. The van der Waals surface area contributed by atoms with Gasteiger partial charge in [0.2, 0.25) is 0 Å². The van der Waals surface area contributed by atoms with Crippen LogP contribution >= 0.6 is 0 Å². The Labute approximate surface area is 93.0 Å². The lowest BCUT2D eigenvalue weighted by Crippen LogP contribution is -2.37. The first-order chi connectivity index (χ1) is 7.54. The molecule has 4 heteroatoms. The highest BCUT2D eigenvalue weighted by atomic mass is 16.4. The highest BCUT2D eigenvalue weighted by Gasteiger charge is 2.61. The SMILES string of the molecule is O=C(O)C1(C(=O)O)CC2C3C=CC(C3)C2C1. The minimum absolute atomic E-state index is 0.280. The maximum absolute atomic E-state index is 11.2. The molecule has 86 valence electrons. The molecule has 2 N–H and O–H groups in total. The zero-order valence-corrected chi connectivity index (χ0v) is 8.80. The van der Waals surface area contributed by atoms with Crippen LogP contribution in [0.4, 0.5) is 0 Å². The first kappa shape index (κ1) is 9.87. The number of allylic oxidation sites excluding steroid dienone is 2. The maximum atomic E-state index is 11.2. The lowest BCUT2D eigenvalue weighted by molar-refractivity contribution is -0.164. The number of aliphatic carboxylic acids is 2. The van der Waals surface area contributed by atoms with Crippen LogP contribution in [0, 0.1) is 29.1 Å². The Morgan fingerprint density at radius 2 is 1.44 bits per heavy atom. The fourth-order valence-electron chi connectivity index (χ4n) is 3.96. The second kappa shape index (κ2) is 2.87. The summed E-state index contributed by atoms with van der Waals surface area (Å²) < 4.78 is 0. The summed E-state index contributed by atoms with van der Waals surface area (Å²) in [5.74, 6) is -0.904. The number of hydrogen-bond acceptors (Lipinski definition) is 2. The van der Waals surface area contributed by atoms with Crippen LogP contribution < -0.4 is 0 Å². The monoisotopic (exact) mass is 222 g/mol. The molecule has 0 saturated heterocycles. The topological polar surface area (TPSA) is 74.6 Å². The van der Waals surface area contributed by atoms with Crippen LogP contribution in [0.2, 0.25) is 0 Å². The highest BCUT2D eigenvalue weighted by Crippen LogP contribution is 2.60. The molecule has 3 aliphatic carbocycles. The standard InChI is InChI=1S/C12H14O4/c13-10(14)12(11(15)16)4-8-6-1-2-7(3-6)9(8)5-12/h1-2,6-9H,3-5H2,(H,13,14)(H,15,16).